The molecule has 0 unspecified atom stereocenters. The average molecular weight is 440 g/mol. The zero-order valence-corrected chi connectivity index (χ0v) is 18.1. The summed E-state index contributed by atoms with van der Waals surface area (Å²) in [5.41, 5.74) is 6.23. The molecule has 152 valence electrons. The van der Waals surface area contributed by atoms with Crippen molar-refractivity contribution in [2.75, 3.05) is 12.5 Å². The van der Waals surface area contributed by atoms with E-state index in [2.05, 4.69) is 15.5 Å². The summed E-state index contributed by atoms with van der Waals surface area (Å²) >= 11 is 7.21. The molecule has 4 rings (SSSR count). The first kappa shape index (κ1) is 20.1. The van der Waals surface area contributed by atoms with E-state index in [0.717, 1.165) is 16.5 Å². The number of aryl methyl sites for hydroxylation is 2. The molecule has 0 bridgehead atoms. The molecule has 4 aromatic rings. The summed E-state index contributed by atoms with van der Waals surface area (Å²) in [6, 6.07) is 15.2. The Labute approximate surface area is 181 Å². The summed E-state index contributed by atoms with van der Waals surface area (Å²) in [6.07, 6.45) is 0. The Hall–Kier alpha value is -3.16. The SMILES string of the molecule is COC(=O)c1sc(NN=c2cc(-c3ccc(Cl)cc3)oc3cc(C)ccc23)nc1C. The van der Waals surface area contributed by atoms with Crippen molar-refractivity contribution in [3.05, 3.63) is 75.0 Å². The van der Waals surface area contributed by atoms with Gasteiger partial charge in [0, 0.05) is 22.0 Å². The zero-order valence-electron chi connectivity index (χ0n) is 16.5. The van der Waals surface area contributed by atoms with Gasteiger partial charge in [0.15, 0.2) is 0 Å². The third kappa shape index (κ3) is 4.08. The van der Waals surface area contributed by atoms with Crippen LogP contribution < -0.4 is 10.8 Å². The molecule has 0 aliphatic rings. The molecular weight excluding hydrogens is 422 g/mol. The maximum Gasteiger partial charge on any atom is 0.350 e. The number of benzene rings is 2. The van der Waals surface area contributed by atoms with Crippen molar-refractivity contribution in [2.24, 2.45) is 5.10 Å². The van der Waals surface area contributed by atoms with E-state index in [-0.39, 0.29) is 0 Å². The Bertz CT molecular complexity index is 1310. The van der Waals surface area contributed by atoms with E-state index in [1.807, 2.05) is 55.5 Å². The van der Waals surface area contributed by atoms with Gasteiger partial charge in [0.05, 0.1) is 18.2 Å². The van der Waals surface area contributed by atoms with Gasteiger partial charge >= 0.3 is 5.97 Å². The highest BCUT2D eigenvalue weighted by molar-refractivity contribution is 7.17. The second-order valence-electron chi connectivity index (χ2n) is 6.65. The number of rotatable bonds is 4. The molecule has 6 nitrogen and oxygen atoms in total. The summed E-state index contributed by atoms with van der Waals surface area (Å²) in [5, 5.41) is 7.24. The summed E-state index contributed by atoms with van der Waals surface area (Å²) in [4.78, 5) is 16.6. The number of nitrogens with one attached hydrogen (secondary N) is 1. The summed E-state index contributed by atoms with van der Waals surface area (Å²) in [7, 11) is 1.35. The first-order valence-corrected chi connectivity index (χ1v) is 10.3. The van der Waals surface area contributed by atoms with Gasteiger partial charge in [-0.25, -0.2) is 9.78 Å². The molecule has 0 fully saturated rings. The molecule has 0 saturated heterocycles. The lowest BCUT2D eigenvalue weighted by Crippen LogP contribution is -2.07. The van der Waals surface area contributed by atoms with Gasteiger partial charge in [0.2, 0.25) is 5.13 Å². The number of halogens is 1. The first-order chi connectivity index (χ1) is 14.4. The molecule has 2 aromatic heterocycles. The Morgan fingerprint density at radius 2 is 1.93 bits per heavy atom. The number of esters is 1. The summed E-state index contributed by atoms with van der Waals surface area (Å²) in [6.45, 7) is 3.76. The third-order valence-electron chi connectivity index (χ3n) is 4.47. The van der Waals surface area contributed by atoms with Crippen molar-refractivity contribution in [3.63, 3.8) is 0 Å². The summed E-state index contributed by atoms with van der Waals surface area (Å²) in [5.74, 6) is 0.249. The van der Waals surface area contributed by atoms with E-state index in [4.69, 9.17) is 20.8 Å². The number of aromatic nitrogens is 1. The van der Waals surface area contributed by atoms with Crippen LogP contribution in [0.5, 0.6) is 0 Å². The van der Waals surface area contributed by atoms with Gasteiger partial charge in [-0.3, -0.25) is 5.43 Å². The average Bonchev–Trinajstić information content (AvgIpc) is 3.12. The number of methoxy groups -OCH3 is 1. The first-order valence-electron chi connectivity index (χ1n) is 9.10. The van der Waals surface area contributed by atoms with E-state index in [9.17, 15) is 4.79 Å². The molecule has 0 aliphatic carbocycles. The highest BCUT2D eigenvalue weighted by atomic mass is 35.5. The van der Waals surface area contributed by atoms with Gasteiger partial charge < -0.3 is 9.15 Å². The molecule has 2 heterocycles. The van der Waals surface area contributed by atoms with E-state index < -0.39 is 5.97 Å². The fraction of sp³-hybridized carbons (Fsp3) is 0.136. The maximum atomic E-state index is 11.8. The number of nitrogens with zero attached hydrogens (tertiary/aromatic N) is 2. The Morgan fingerprint density at radius 1 is 1.17 bits per heavy atom. The molecule has 30 heavy (non-hydrogen) atoms. The number of fused-ring (bicyclic) bond motifs is 1. The number of carbonyl (C=O) groups is 1. The normalized spacial score (nSPS) is 11.7. The minimum atomic E-state index is -0.414. The topological polar surface area (TPSA) is 76.7 Å². The van der Waals surface area contributed by atoms with Crippen LogP contribution in [0.1, 0.15) is 20.9 Å². The minimum Gasteiger partial charge on any atom is -0.465 e. The molecule has 0 atom stereocenters. The molecule has 0 radical (unpaired) electrons. The lowest BCUT2D eigenvalue weighted by Gasteiger charge is -2.06. The van der Waals surface area contributed by atoms with E-state index in [1.54, 1.807) is 6.92 Å². The number of carbonyl (C=O) groups excluding carboxylic acids is 1. The van der Waals surface area contributed by atoms with Crippen molar-refractivity contribution < 1.29 is 13.9 Å². The predicted molar refractivity (Wildman–Crippen MR) is 119 cm³/mol. The van der Waals surface area contributed by atoms with Gasteiger partial charge in [-0.1, -0.05) is 29.0 Å². The monoisotopic (exact) mass is 439 g/mol. The Morgan fingerprint density at radius 3 is 2.67 bits per heavy atom. The highest BCUT2D eigenvalue weighted by Gasteiger charge is 2.15. The van der Waals surface area contributed by atoms with Crippen molar-refractivity contribution in [1.29, 1.82) is 0 Å². The van der Waals surface area contributed by atoms with Gasteiger partial charge in [0.25, 0.3) is 0 Å². The van der Waals surface area contributed by atoms with E-state index >= 15 is 0 Å². The molecule has 0 aliphatic heterocycles. The standard InChI is InChI=1S/C22H18ClN3O3S/c1-12-4-9-16-17(25-26-22-24-13(2)20(30-22)21(27)28-3)11-18(29-19(16)10-12)14-5-7-15(23)8-6-14/h4-11H,1-3H3,(H,24,26). The number of thiazole rings is 1. The molecular formula is C22H18ClN3O3S. The fourth-order valence-corrected chi connectivity index (χ4v) is 3.91. The molecule has 0 amide bonds. The Balaban J connectivity index is 1.81. The second-order valence-corrected chi connectivity index (χ2v) is 8.09. The largest absolute Gasteiger partial charge is 0.465 e. The van der Waals surface area contributed by atoms with Crippen molar-refractivity contribution >= 4 is 45.0 Å². The van der Waals surface area contributed by atoms with Crippen LogP contribution in [0.2, 0.25) is 5.02 Å². The van der Waals surface area contributed by atoms with Gasteiger partial charge in [0.1, 0.15) is 16.2 Å². The number of hydrogen-bond donors (Lipinski definition) is 1. The third-order valence-corrected chi connectivity index (χ3v) is 5.76. The fourth-order valence-electron chi connectivity index (χ4n) is 2.96. The van der Waals surface area contributed by atoms with Crippen molar-refractivity contribution in [2.45, 2.75) is 13.8 Å². The minimum absolute atomic E-state index is 0.414. The van der Waals surface area contributed by atoms with Crippen LogP contribution in [-0.2, 0) is 4.74 Å². The summed E-state index contributed by atoms with van der Waals surface area (Å²) < 4.78 is 10.9. The van der Waals surface area contributed by atoms with Crippen molar-refractivity contribution in [3.8, 4) is 11.3 Å². The number of anilines is 1. The lowest BCUT2D eigenvalue weighted by atomic mass is 10.1. The van der Waals surface area contributed by atoms with Crippen LogP contribution in [0.3, 0.4) is 0 Å². The molecule has 0 spiro atoms. The van der Waals surface area contributed by atoms with Gasteiger partial charge in [-0.15, -0.1) is 0 Å². The smallest absolute Gasteiger partial charge is 0.350 e. The van der Waals surface area contributed by atoms with E-state index in [0.29, 0.717) is 37.4 Å². The Kier molecular flexibility index (Phi) is 5.57. The van der Waals surface area contributed by atoms with Gasteiger partial charge in [-0.2, -0.15) is 5.10 Å². The zero-order chi connectivity index (χ0) is 21.3. The molecule has 0 saturated carbocycles. The number of hydrogen-bond acceptors (Lipinski definition) is 7. The highest BCUT2D eigenvalue weighted by Crippen LogP contribution is 2.25. The van der Waals surface area contributed by atoms with E-state index in [1.165, 1.54) is 18.4 Å². The van der Waals surface area contributed by atoms with Crippen LogP contribution in [0.25, 0.3) is 22.3 Å². The molecule has 2 aromatic carbocycles. The second kappa shape index (κ2) is 8.30. The maximum absolute atomic E-state index is 11.8. The number of ether oxygens (including phenoxy) is 1. The molecule has 1 N–H and O–H groups in total. The van der Waals surface area contributed by atoms with Crippen LogP contribution >= 0.6 is 22.9 Å². The van der Waals surface area contributed by atoms with Crippen molar-refractivity contribution in [1.82, 2.24) is 4.98 Å². The van der Waals surface area contributed by atoms with Crippen LogP contribution in [-0.4, -0.2) is 18.1 Å². The molecule has 8 heteroatoms. The lowest BCUT2D eigenvalue weighted by molar-refractivity contribution is 0.0605. The van der Waals surface area contributed by atoms with Crippen LogP contribution in [0.15, 0.2) is 58.0 Å². The van der Waals surface area contributed by atoms with Gasteiger partial charge in [-0.05, 0) is 55.8 Å². The quantitative estimate of drug-likeness (QED) is 0.333. The van der Waals surface area contributed by atoms with Crippen LogP contribution in [0.4, 0.5) is 5.13 Å². The van der Waals surface area contributed by atoms with Crippen LogP contribution in [0, 0.1) is 13.8 Å². The predicted octanol–water partition coefficient (Wildman–Crippen LogP) is 5.54.